The van der Waals surface area contributed by atoms with Gasteiger partial charge in [-0.1, -0.05) is 73.5 Å². The summed E-state index contributed by atoms with van der Waals surface area (Å²) in [6.07, 6.45) is 4.48. The van der Waals surface area contributed by atoms with Crippen molar-refractivity contribution in [2.24, 2.45) is 0 Å². The summed E-state index contributed by atoms with van der Waals surface area (Å²) < 4.78 is 27.8. The highest BCUT2D eigenvalue weighted by atomic mass is 35.5. The van der Waals surface area contributed by atoms with E-state index in [1.807, 2.05) is 60.2 Å². The van der Waals surface area contributed by atoms with E-state index in [1.54, 1.807) is 11.5 Å². The van der Waals surface area contributed by atoms with Gasteiger partial charge in [0.2, 0.25) is 0 Å². The van der Waals surface area contributed by atoms with Crippen molar-refractivity contribution in [2.75, 3.05) is 0 Å². The SMILES string of the molecule is CCCC=CS(=O)(=O)NC(=O)c1cn(Cc2ccc(-c3ccccc3)cc2Cl)c(C)n1. The third-order valence-corrected chi connectivity index (χ3v) is 6.05. The van der Waals surface area contributed by atoms with Crippen LogP contribution in [0.4, 0.5) is 0 Å². The van der Waals surface area contributed by atoms with Crippen LogP contribution in [-0.4, -0.2) is 23.9 Å². The minimum absolute atomic E-state index is 0.0296. The smallest absolute Gasteiger partial charge is 0.285 e. The van der Waals surface area contributed by atoms with Crippen molar-refractivity contribution >= 4 is 27.5 Å². The lowest BCUT2D eigenvalue weighted by molar-refractivity contribution is 0.0977. The summed E-state index contributed by atoms with van der Waals surface area (Å²) in [5, 5.41) is 1.61. The molecule has 0 atom stereocenters. The first kappa shape index (κ1) is 22.8. The lowest BCUT2D eigenvalue weighted by Crippen LogP contribution is -2.29. The third kappa shape index (κ3) is 6.06. The highest BCUT2D eigenvalue weighted by molar-refractivity contribution is 7.92. The van der Waals surface area contributed by atoms with Crippen molar-refractivity contribution in [2.45, 2.75) is 33.2 Å². The predicted octanol–water partition coefficient (Wildman–Crippen LogP) is 4.93. The number of unbranched alkanes of at least 4 members (excludes halogenated alkanes) is 1. The number of hydrogen-bond donors (Lipinski definition) is 1. The van der Waals surface area contributed by atoms with Gasteiger partial charge >= 0.3 is 0 Å². The van der Waals surface area contributed by atoms with Crippen molar-refractivity contribution in [3.05, 3.63) is 88.3 Å². The Balaban J connectivity index is 1.75. The molecule has 1 heterocycles. The largest absolute Gasteiger partial charge is 0.330 e. The van der Waals surface area contributed by atoms with Gasteiger partial charge in [0, 0.05) is 16.6 Å². The summed E-state index contributed by atoms with van der Waals surface area (Å²) in [6.45, 7) is 4.09. The van der Waals surface area contributed by atoms with E-state index in [4.69, 9.17) is 11.6 Å². The van der Waals surface area contributed by atoms with E-state index >= 15 is 0 Å². The molecule has 0 bridgehead atoms. The van der Waals surface area contributed by atoms with Crippen LogP contribution in [-0.2, 0) is 16.6 Å². The second-order valence-corrected chi connectivity index (χ2v) is 9.08. The molecule has 0 aliphatic heterocycles. The maximum atomic E-state index is 12.4. The molecule has 31 heavy (non-hydrogen) atoms. The van der Waals surface area contributed by atoms with Crippen LogP contribution in [0.5, 0.6) is 0 Å². The van der Waals surface area contributed by atoms with E-state index in [2.05, 4.69) is 4.98 Å². The van der Waals surface area contributed by atoms with E-state index in [0.29, 0.717) is 23.8 Å². The average Bonchev–Trinajstić information content (AvgIpc) is 3.10. The van der Waals surface area contributed by atoms with Crippen LogP contribution in [0.15, 0.2) is 66.2 Å². The number of rotatable bonds is 8. The van der Waals surface area contributed by atoms with E-state index < -0.39 is 15.9 Å². The molecule has 8 heteroatoms. The Hall–Kier alpha value is -2.90. The number of benzene rings is 2. The number of nitrogens with one attached hydrogen (secondary N) is 1. The number of hydrogen-bond acceptors (Lipinski definition) is 4. The quantitative estimate of drug-likeness (QED) is 0.519. The topological polar surface area (TPSA) is 81.1 Å². The fourth-order valence-corrected chi connectivity index (χ4v) is 4.08. The molecular weight excluding hydrogens is 434 g/mol. The van der Waals surface area contributed by atoms with Gasteiger partial charge in [0.1, 0.15) is 11.5 Å². The fraction of sp³-hybridized carbons (Fsp3) is 0.217. The maximum Gasteiger partial charge on any atom is 0.285 e. The van der Waals surface area contributed by atoms with Crippen LogP contribution in [0.25, 0.3) is 11.1 Å². The maximum absolute atomic E-state index is 12.4. The number of carbonyl (C=O) groups is 1. The van der Waals surface area contributed by atoms with Gasteiger partial charge in [-0.15, -0.1) is 0 Å². The monoisotopic (exact) mass is 457 g/mol. The van der Waals surface area contributed by atoms with Gasteiger partial charge in [0.25, 0.3) is 15.9 Å². The van der Waals surface area contributed by atoms with Gasteiger partial charge in [-0.3, -0.25) is 4.79 Å². The minimum Gasteiger partial charge on any atom is -0.330 e. The number of carbonyl (C=O) groups excluding carboxylic acids is 1. The summed E-state index contributed by atoms with van der Waals surface area (Å²) >= 11 is 6.50. The number of nitrogens with zero attached hydrogens (tertiary/aromatic N) is 2. The molecule has 0 spiro atoms. The van der Waals surface area contributed by atoms with Crippen molar-refractivity contribution in [1.29, 1.82) is 0 Å². The molecule has 3 rings (SSSR count). The van der Waals surface area contributed by atoms with Crippen LogP contribution < -0.4 is 4.72 Å². The van der Waals surface area contributed by atoms with Crippen LogP contribution in [0.1, 0.15) is 41.6 Å². The molecule has 6 nitrogen and oxygen atoms in total. The summed E-state index contributed by atoms with van der Waals surface area (Å²) in [6, 6.07) is 15.8. The predicted molar refractivity (Wildman–Crippen MR) is 123 cm³/mol. The lowest BCUT2D eigenvalue weighted by atomic mass is 10.0. The van der Waals surface area contributed by atoms with Crippen molar-refractivity contribution < 1.29 is 13.2 Å². The molecule has 2 aromatic carbocycles. The minimum atomic E-state index is -3.85. The number of aryl methyl sites for hydroxylation is 1. The second-order valence-electron chi connectivity index (χ2n) is 7.11. The first-order valence-electron chi connectivity index (χ1n) is 9.90. The Labute approximate surface area is 187 Å². The number of aromatic nitrogens is 2. The van der Waals surface area contributed by atoms with Gasteiger partial charge in [0.05, 0.1) is 6.54 Å². The van der Waals surface area contributed by atoms with Crippen LogP contribution in [0.2, 0.25) is 5.02 Å². The van der Waals surface area contributed by atoms with E-state index in [-0.39, 0.29) is 5.69 Å². The molecule has 162 valence electrons. The Morgan fingerprint density at radius 1 is 1.16 bits per heavy atom. The summed E-state index contributed by atoms with van der Waals surface area (Å²) in [4.78, 5) is 16.6. The van der Waals surface area contributed by atoms with Crippen LogP contribution in [0.3, 0.4) is 0 Å². The molecule has 0 radical (unpaired) electrons. The Morgan fingerprint density at radius 2 is 1.90 bits per heavy atom. The summed E-state index contributed by atoms with van der Waals surface area (Å²) in [7, 11) is -3.85. The number of sulfonamides is 1. The van der Waals surface area contributed by atoms with E-state index in [9.17, 15) is 13.2 Å². The molecule has 1 amide bonds. The number of imidazole rings is 1. The highest BCUT2D eigenvalue weighted by Gasteiger charge is 2.17. The number of halogens is 1. The normalized spacial score (nSPS) is 11.7. The molecule has 3 aromatic rings. The zero-order chi connectivity index (χ0) is 22.4. The van der Waals surface area contributed by atoms with Gasteiger partial charge in [-0.25, -0.2) is 18.1 Å². The van der Waals surface area contributed by atoms with E-state index in [0.717, 1.165) is 28.5 Å². The molecule has 0 saturated heterocycles. The van der Waals surface area contributed by atoms with Crippen LogP contribution in [0, 0.1) is 6.92 Å². The second kappa shape index (κ2) is 9.94. The average molecular weight is 458 g/mol. The van der Waals surface area contributed by atoms with Gasteiger partial charge in [0.15, 0.2) is 0 Å². The van der Waals surface area contributed by atoms with Crippen molar-refractivity contribution in [3.8, 4) is 11.1 Å². The van der Waals surface area contributed by atoms with E-state index in [1.165, 1.54) is 12.3 Å². The number of amides is 1. The molecule has 1 aromatic heterocycles. The zero-order valence-corrected chi connectivity index (χ0v) is 18.9. The van der Waals surface area contributed by atoms with Crippen molar-refractivity contribution in [3.63, 3.8) is 0 Å². The molecule has 0 aliphatic rings. The summed E-state index contributed by atoms with van der Waals surface area (Å²) in [5.41, 5.74) is 2.98. The first-order chi connectivity index (χ1) is 14.8. The molecule has 0 fully saturated rings. The van der Waals surface area contributed by atoms with Crippen molar-refractivity contribution in [1.82, 2.24) is 14.3 Å². The van der Waals surface area contributed by atoms with Gasteiger partial charge < -0.3 is 4.57 Å². The highest BCUT2D eigenvalue weighted by Crippen LogP contribution is 2.26. The molecule has 0 saturated carbocycles. The van der Waals surface area contributed by atoms with Gasteiger partial charge in [-0.2, -0.15) is 0 Å². The molecule has 1 N–H and O–H groups in total. The zero-order valence-electron chi connectivity index (χ0n) is 17.4. The Kier molecular flexibility index (Phi) is 7.30. The first-order valence-corrected chi connectivity index (χ1v) is 11.8. The van der Waals surface area contributed by atoms with Crippen LogP contribution >= 0.6 is 11.6 Å². The number of allylic oxidation sites excluding steroid dienone is 1. The standard InChI is InChI=1S/C23H24ClN3O3S/c1-3-4-8-13-31(29,30)26-23(28)22-16-27(17(2)25-22)15-20-12-11-19(14-21(20)24)18-9-6-5-7-10-18/h5-14,16H,3-4,15H2,1-2H3,(H,26,28). The molecule has 0 aliphatic carbocycles. The lowest BCUT2D eigenvalue weighted by Gasteiger charge is -2.09. The Morgan fingerprint density at radius 3 is 2.58 bits per heavy atom. The fourth-order valence-electron chi connectivity index (χ4n) is 3.02. The Bertz CT molecular complexity index is 1200. The summed E-state index contributed by atoms with van der Waals surface area (Å²) in [5.74, 6) is -0.194. The van der Waals surface area contributed by atoms with Gasteiger partial charge in [-0.05, 0) is 36.1 Å². The molecular formula is C23H24ClN3O3S. The molecule has 0 unspecified atom stereocenters. The third-order valence-electron chi connectivity index (χ3n) is 4.68.